The summed E-state index contributed by atoms with van der Waals surface area (Å²) >= 11 is 0. The van der Waals surface area contributed by atoms with Crippen LogP contribution < -0.4 is 5.32 Å². The van der Waals surface area contributed by atoms with Gasteiger partial charge in [-0.3, -0.25) is 4.90 Å². The Kier molecular flexibility index (Phi) is 8.96. The van der Waals surface area contributed by atoms with E-state index in [0.29, 0.717) is 12.1 Å². The van der Waals surface area contributed by atoms with Crippen LogP contribution in [0.5, 0.6) is 0 Å². The average molecular weight is 228 g/mol. The van der Waals surface area contributed by atoms with Gasteiger partial charge in [0.25, 0.3) is 0 Å². The van der Waals surface area contributed by atoms with E-state index in [9.17, 15) is 0 Å². The molecule has 0 aliphatic heterocycles. The highest BCUT2D eigenvalue weighted by Gasteiger charge is 2.14. The van der Waals surface area contributed by atoms with Crippen molar-refractivity contribution in [2.45, 2.75) is 66.0 Å². The van der Waals surface area contributed by atoms with Gasteiger partial charge >= 0.3 is 0 Å². The smallest absolute Gasteiger partial charge is 0.0192 e. The van der Waals surface area contributed by atoms with Crippen molar-refractivity contribution >= 4 is 0 Å². The largest absolute Gasteiger partial charge is 0.315 e. The number of nitrogens with one attached hydrogen (secondary N) is 1. The van der Waals surface area contributed by atoms with Crippen LogP contribution in [0.1, 0.15) is 53.9 Å². The molecule has 1 N–H and O–H groups in total. The van der Waals surface area contributed by atoms with E-state index in [1.54, 1.807) is 0 Å². The van der Waals surface area contributed by atoms with Gasteiger partial charge in [-0.15, -0.1) is 0 Å². The predicted molar refractivity (Wildman–Crippen MR) is 73.9 cm³/mol. The van der Waals surface area contributed by atoms with Crippen molar-refractivity contribution in [2.75, 3.05) is 20.1 Å². The Labute approximate surface area is 103 Å². The minimum atomic E-state index is 0.633. The lowest BCUT2D eigenvalue weighted by Gasteiger charge is -2.31. The standard InChI is InChI=1S/C14H32N2/c1-7-8-13(4)16(6)14(5)11-15-10-9-12(2)3/h12-15H,7-11H2,1-6H3. The molecule has 0 fully saturated rings. The van der Waals surface area contributed by atoms with E-state index in [0.717, 1.165) is 19.0 Å². The molecule has 0 heterocycles. The zero-order chi connectivity index (χ0) is 12.6. The summed E-state index contributed by atoms with van der Waals surface area (Å²) in [5.41, 5.74) is 0. The minimum absolute atomic E-state index is 0.633. The van der Waals surface area contributed by atoms with Crippen LogP contribution in [0, 0.1) is 5.92 Å². The molecule has 2 atom stereocenters. The monoisotopic (exact) mass is 228 g/mol. The molecule has 0 saturated heterocycles. The first-order chi connectivity index (χ1) is 7.49. The fourth-order valence-electron chi connectivity index (χ4n) is 1.90. The lowest BCUT2D eigenvalue weighted by molar-refractivity contribution is 0.182. The zero-order valence-electron chi connectivity index (χ0n) is 12.2. The van der Waals surface area contributed by atoms with Crippen molar-refractivity contribution in [3.63, 3.8) is 0 Å². The van der Waals surface area contributed by atoms with Crippen LogP contribution >= 0.6 is 0 Å². The topological polar surface area (TPSA) is 15.3 Å². The maximum absolute atomic E-state index is 3.55. The van der Waals surface area contributed by atoms with Gasteiger partial charge in [0.2, 0.25) is 0 Å². The van der Waals surface area contributed by atoms with Crippen molar-refractivity contribution in [2.24, 2.45) is 5.92 Å². The van der Waals surface area contributed by atoms with Crippen molar-refractivity contribution in [1.29, 1.82) is 0 Å². The highest BCUT2D eigenvalue weighted by atomic mass is 15.2. The Hall–Kier alpha value is -0.0800. The second-order valence-electron chi connectivity index (χ2n) is 5.54. The number of likely N-dealkylation sites (N-methyl/N-ethyl adjacent to an activating group) is 1. The summed E-state index contributed by atoms with van der Waals surface area (Å²) in [5, 5.41) is 3.55. The molecule has 0 amide bonds. The molecule has 0 saturated carbocycles. The van der Waals surface area contributed by atoms with Crippen molar-refractivity contribution in [3.05, 3.63) is 0 Å². The second kappa shape index (κ2) is 9.00. The van der Waals surface area contributed by atoms with Crippen LogP contribution in [0.25, 0.3) is 0 Å². The Morgan fingerprint density at radius 1 is 1.00 bits per heavy atom. The molecule has 0 aliphatic carbocycles. The van der Waals surface area contributed by atoms with Gasteiger partial charge in [0.1, 0.15) is 0 Å². The summed E-state index contributed by atoms with van der Waals surface area (Å²) in [4.78, 5) is 2.49. The van der Waals surface area contributed by atoms with Gasteiger partial charge in [0.15, 0.2) is 0 Å². The van der Waals surface area contributed by atoms with E-state index < -0.39 is 0 Å². The summed E-state index contributed by atoms with van der Waals surface area (Å²) in [6.07, 6.45) is 3.85. The van der Waals surface area contributed by atoms with Crippen LogP contribution in [0.15, 0.2) is 0 Å². The van der Waals surface area contributed by atoms with Gasteiger partial charge < -0.3 is 5.32 Å². The van der Waals surface area contributed by atoms with Crippen molar-refractivity contribution < 1.29 is 0 Å². The minimum Gasteiger partial charge on any atom is -0.315 e. The third-order valence-corrected chi connectivity index (χ3v) is 3.44. The predicted octanol–water partition coefficient (Wildman–Crippen LogP) is 3.13. The second-order valence-corrected chi connectivity index (χ2v) is 5.54. The van der Waals surface area contributed by atoms with Crippen molar-refractivity contribution in [3.8, 4) is 0 Å². The maximum atomic E-state index is 3.55. The third kappa shape index (κ3) is 7.24. The molecule has 2 unspecified atom stereocenters. The molecule has 2 nitrogen and oxygen atoms in total. The normalized spacial score (nSPS) is 15.8. The first kappa shape index (κ1) is 15.9. The number of hydrogen-bond acceptors (Lipinski definition) is 2. The molecule has 0 aromatic heterocycles. The lowest BCUT2D eigenvalue weighted by atomic mass is 10.1. The molecule has 0 bridgehead atoms. The summed E-state index contributed by atoms with van der Waals surface area (Å²) in [5.74, 6) is 0.805. The molecular weight excluding hydrogens is 196 g/mol. The first-order valence-electron chi connectivity index (χ1n) is 6.91. The molecule has 0 aliphatic rings. The molecule has 0 aromatic rings. The van der Waals surface area contributed by atoms with Gasteiger partial charge in [-0.2, -0.15) is 0 Å². The van der Waals surface area contributed by atoms with Crippen molar-refractivity contribution in [1.82, 2.24) is 10.2 Å². The summed E-state index contributed by atoms with van der Waals surface area (Å²) < 4.78 is 0. The van der Waals surface area contributed by atoms with E-state index in [2.05, 4.69) is 51.9 Å². The van der Waals surface area contributed by atoms with E-state index in [4.69, 9.17) is 0 Å². The van der Waals surface area contributed by atoms with Gasteiger partial charge in [-0.25, -0.2) is 0 Å². The highest BCUT2D eigenvalue weighted by molar-refractivity contribution is 4.71. The maximum Gasteiger partial charge on any atom is 0.0192 e. The fraction of sp³-hybridized carbons (Fsp3) is 1.00. The molecule has 0 radical (unpaired) electrons. The molecule has 0 rings (SSSR count). The van der Waals surface area contributed by atoms with Crippen LogP contribution in [0.4, 0.5) is 0 Å². The Balaban J connectivity index is 3.66. The summed E-state index contributed by atoms with van der Waals surface area (Å²) in [7, 11) is 2.25. The molecule has 0 spiro atoms. The van der Waals surface area contributed by atoms with Crippen LogP contribution in [-0.4, -0.2) is 37.1 Å². The Morgan fingerprint density at radius 2 is 1.62 bits per heavy atom. The zero-order valence-corrected chi connectivity index (χ0v) is 12.2. The quantitative estimate of drug-likeness (QED) is 0.610. The van der Waals surface area contributed by atoms with E-state index in [1.807, 2.05) is 0 Å². The molecule has 16 heavy (non-hydrogen) atoms. The van der Waals surface area contributed by atoms with Crippen LogP contribution in [0.3, 0.4) is 0 Å². The van der Waals surface area contributed by atoms with Crippen LogP contribution in [0.2, 0.25) is 0 Å². The lowest BCUT2D eigenvalue weighted by Crippen LogP contribution is -2.42. The molecule has 98 valence electrons. The van der Waals surface area contributed by atoms with Crippen LogP contribution in [-0.2, 0) is 0 Å². The van der Waals surface area contributed by atoms with E-state index in [-0.39, 0.29) is 0 Å². The Morgan fingerprint density at radius 3 is 2.12 bits per heavy atom. The van der Waals surface area contributed by atoms with E-state index in [1.165, 1.54) is 19.3 Å². The number of hydrogen-bond donors (Lipinski definition) is 1. The van der Waals surface area contributed by atoms with Gasteiger partial charge in [0, 0.05) is 18.6 Å². The average Bonchev–Trinajstić information content (AvgIpc) is 2.23. The molecule has 2 heteroatoms. The van der Waals surface area contributed by atoms with Gasteiger partial charge in [-0.1, -0.05) is 27.2 Å². The molecular formula is C14H32N2. The molecule has 0 aromatic carbocycles. The van der Waals surface area contributed by atoms with E-state index >= 15 is 0 Å². The highest BCUT2D eigenvalue weighted by Crippen LogP contribution is 2.07. The fourth-order valence-corrected chi connectivity index (χ4v) is 1.90. The SMILES string of the molecule is CCCC(C)N(C)C(C)CNCCC(C)C. The number of rotatable bonds is 9. The first-order valence-corrected chi connectivity index (χ1v) is 6.91. The number of nitrogens with zero attached hydrogens (tertiary/aromatic N) is 1. The third-order valence-electron chi connectivity index (χ3n) is 3.44. The Bertz CT molecular complexity index is 157. The summed E-state index contributed by atoms with van der Waals surface area (Å²) in [6, 6.07) is 1.33. The summed E-state index contributed by atoms with van der Waals surface area (Å²) in [6.45, 7) is 13.7. The van der Waals surface area contributed by atoms with Gasteiger partial charge in [0.05, 0.1) is 0 Å². The van der Waals surface area contributed by atoms with Gasteiger partial charge in [-0.05, 0) is 46.2 Å².